The molecule has 0 aliphatic heterocycles. The van der Waals surface area contributed by atoms with Gasteiger partial charge in [-0.2, -0.15) is 11.8 Å². The van der Waals surface area contributed by atoms with E-state index in [1.54, 1.807) is 0 Å². The van der Waals surface area contributed by atoms with Gasteiger partial charge in [-0.25, -0.2) is 0 Å². The van der Waals surface area contributed by atoms with Crippen molar-refractivity contribution in [1.29, 1.82) is 0 Å². The summed E-state index contributed by atoms with van der Waals surface area (Å²) < 4.78 is 0. The molecule has 1 amide bonds. The molecular formula is C21H43NOS. The Kier molecular flexibility index (Phi) is 20.7. The maximum Gasteiger partial charge on any atom is 0.217 e. The van der Waals surface area contributed by atoms with Crippen molar-refractivity contribution in [2.75, 3.05) is 11.5 Å². The molecule has 144 valence electrons. The molecule has 2 N–H and O–H groups in total. The average molecular weight is 358 g/mol. The molecule has 3 heteroatoms. The number of amides is 1. The van der Waals surface area contributed by atoms with Gasteiger partial charge in [0.2, 0.25) is 5.91 Å². The number of carbonyl (C=O) groups is 1. The van der Waals surface area contributed by atoms with Crippen molar-refractivity contribution in [1.82, 2.24) is 0 Å². The fraction of sp³-hybridized carbons (Fsp3) is 0.952. The first-order valence-corrected chi connectivity index (χ1v) is 11.8. The summed E-state index contributed by atoms with van der Waals surface area (Å²) in [7, 11) is 0. The first-order valence-electron chi connectivity index (χ1n) is 10.6. The van der Waals surface area contributed by atoms with Crippen LogP contribution in [0.1, 0.15) is 116 Å². The average Bonchev–Trinajstić information content (AvgIpc) is 2.56. The molecule has 0 aromatic heterocycles. The molecule has 0 spiro atoms. The van der Waals surface area contributed by atoms with E-state index < -0.39 is 0 Å². The first kappa shape index (κ1) is 23.8. The van der Waals surface area contributed by atoms with Crippen LogP contribution in [0.2, 0.25) is 0 Å². The fourth-order valence-corrected chi connectivity index (χ4v) is 4.02. The molecule has 0 aliphatic rings. The van der Waals surface area contributed by atoms with Crippen LogP contribution in [0.25, 0.3) is 0 Å². The monoisotopic (exact) mass is 357 g/mol. The molecule has 0 rings (SSSR count). The van der Waals surface area contributed by atoms with Crippen molar-refractivity contribution < 1.29 is 4.79 Å². The van der Waals surface area contributed by atoms with Crippen LogP contribution in [0.4, 0.5) is 0 Å². The highest BCUT2D eigenvalue weighted by atomic mass is 32.2. The summed E-state index contributed by atoms with van der Waals surface area (Å²) in [5.41, 5.74) is 5.12. The SMILES string of the molecule is CCCCCCCCCCCCCCCCSCCCCC(N)=O. The van der Waals surface area contributed by atoms with Crippen molar-refractivity contribution >= 4 is 17.7 Å². The van der Waals surface area contributed by atoms with Crippen molar-refractivity contribution in [2.45, 2.75) is 116 Å². The van der Waals surface area contributed by atoms with Crippen molar-refractivity contribution in [3.05, 3.63) is 0 Å². The van der Waals surface area contributed by atoms with Crippen LogP contribution >= 0.6 is 11.8 Å². The fourth-order valence-electron chi connectivity index (χ4n) is 3.00. The molecule has 0 unspecified atom stereocenters. The van der Waals surface area contributed by atoms with Gasteiger partial charge in [0.05, 0.1) is 0 Å². The highest BCUT2D eigenvalue weighted by Gasteiger charge is 1.96. The van der Waals surface area contributed by atoms with Gasteiger partial charge in [0.15, 0.2) is 0 Å². The molecule has 0 aromatic carbocycles. The van der Waals surface area contributed by atoms with Gasteiger partial charge in [-0.1, -0.05) is 90.4 Å². The lowest BCUT2D eigenvalue weighted by Crippen LogP contribution is -2.09. The third kappa shape index (κ3) is 21.8. The summed E-state index contributed by atoms with van der Waals surface area (Å²) in [5.74, 6) is 2.31. The Labute approximate surface area is 156 Å². The topological polar surface area (TPSA) is 43.1 Å². The maximum atomic E-state index is 10.6. The molecule has 2 nitrogen and oxygen atoms in total. The molecule has 0 fully saturated rings. The van der Waals surface area contributed by atoms with E-state index in [0.717, 1.165) is 12.8 Å². The van der Waals surface area contributed by atoms with Crippen LogP contribution in [-0.2, 0) is 4.79 Å². The summed E-state index contributed by atoms with van der Waals surface area (Å²) >= 11 is 2.04. The molecule has 0 radical (unpaired) electrons. The molecule has 0 atom stereocenters. The summed E-state index contributed by atoms with van der Waals surface area (Å²) in [5, 5.41) is 0. The smallest absolute Gasteiger partial charge is 0.217 e. The Hall–Kier alpha value is -0.180. The molecule has 0 saturated heterocycles. The summed E-state index contributed by atoms with van der Waals surface area (Å²) in [4.78, 5) is 10.6. The third-order valence-electron chi connectivity index (χ3n) is 4.60. The van der Waals surface area contributed by atoms with E-state index in [1.807, 2.05) is 11.8 Å². The Morgan fingerprint density at radius 3 is 1.42 bits per heavy atom. The van der Waals surface area contributed by atoms with Crippen molar-refractivity contribution in [3.8, 4) is 0 Å². The lowest BCUT2D eigenvalue weighted by molar-refractivity contribution is -0.118. The molecule has 24 heavy (non-hydrogen) atoms. The minimum atomic E-state index is -0.160. The zero-order valence-corrected chi connectivity index (χ0v) is 17.1. The van der Waals surface area contributed by atoms with E-state index in [-0.39, 0.29) is 5.91 Å². The predicted molar refractivity (Wildman–Crippen MR) is 111 cm³/mol. The van der Waals surface area contributed by atoms with Gasteiger partial charge in [0.1, 0.15) is 0 Å². The number of hydrogen-bond acceptors (Lipinski definition) is 2. The van der Waals surface area contributed by atoms with Crippen LogP contribution in [0.15, 0.2) is 0 Å². The molecule has 0 bridgehead atoms. The second kappa shape index (κ2) is 20.9. The van der Waals surface area contributed by atoms with Crippen LogP contribution in [0.5, 0.6) is 0 Å². The Balaban J connectivity index is 2.97. The second-order valence-corrected chi connectivity index (χ2v) is 8.36. The number of nitrogens with two attached hydrogens (primary N) is 1. The molecular weight excluding hydrogens is 314 g/mol. The van der Waals surface area contributed by atoms with Gasteiger partial charge in [-0.05, 0) is 30.8 Å². The van der Waals surface area contributed by atoms with Crippen LogP contribution in [-0.4, -0.2) is 17.4 Å². The predicted octanol–water partition coefficient (Wildman–Crippen LogP) is 6.86. The number of thioether (sulfide) groups is 1. The van der Waals surface area contributed by atoms with Crippen molar-refractivity contribution in [3.63, 3.8) is 0 Å². The maximum absolute atomic E-state index is 10.6. The lowest BCUT2D eigenvalue weighted by Gasteiger charge is -2.03. The normalized spacial score (nSPS) is 11.0. The summed E-state index contributed by atoms with van der Waals surface area (Å²) in [6, 6.07) is 0. The number of unbranched alkanes of at least 4 members (excludes halogenated alkanes) is 14. The summed E-state index contributed by atoms with van der Waals surface area (Å²) in [6.07, 6.45) is 22.6. The zero-order chi connectivity index (χ0) is 17.7. The summed E-state index contributed by atoms with van der Waals surface area (Å²) in [6.45, 7) is 2.29. The molecule has 0 aliphatic carbocycles. The quantitative estimate of drug-likeness (QED) is 0.242. The van der Waals surface area contributed by atoms with Gasteiger partial charge >= 0.3 is 0 Å². The minimum absolute atomic E-state index is 0.160. The largest absolute Gasteiger partial charge is 0.370 e. The third-order valence-corrected chi connectivity index (χ3v) is 5.76. The molecule has 0 aromatic rings. The Morgan fingerprint density at radius 1 is 0.625 bits per heavy atom. The first-order chi connectivity index (χ1) is 11.8. The van der Waals surface area contributed by atoms with E-state index in [4.69, 9.17) is 5.73 Å². The number of rotatable bonds is 20. The van der Waals surface area contributed by atoms with Gasteiger partial charge in [0, 0.05) is 6.42 Å². The zero-order valence-electron chi connectivity index (χ0n) is 16.3. The van der Waals surface area contributed by atoms with Gasteiger partial charge in [-0.15, -0.1) is 0 Å². The van der Waals surface area contributed by atoms with E-state index in [9.17, 15) is 4.79 Å². The number of hydrogen-bond donors (Lipinski definition) is 1. The van der Waals surface area contributed by atoms with E-state index in [1.165, 1.54) is 101 Å². The standard InChI is InChI=1S/C21H43NOS/c1-2-3-4-5-6-7-8-9-10-11-12-13-14-16-19-24-20-17-15-18-21(22)23/h2-20H2,1H3,(H2,22,23). The van der Waals surface area contributed by atoms with Crippen LogP contribution in [0.3, 0.4) is 0 Å². The Morgan fingerprint density at radius 2 is 1.00 bits per heavy atom. The van der Waals surface area contributed by atoms with E-state index in [0.29, 0.717) is 6.42 Å². The van der Waals surface area contributed by atoms with Crippen LogP contribution < -0.4 is 5.73 Å². The number of carbonyl (C=O) groups excluding carboxylic acids is 1. The minimum Gasteiger partial charge on any atom is -0.370 e. The van der Waals surface area contributed by atoms with Gasteiger partial charge in [-0.3, -0.25) is 4.79 Å². The van der Waals surface area contributed by atoms with Gasteiger partial charge < -0.3 is 5.73 Å². The second-order valence-electron chi connectivity index (χ2n) is 7.13. The highest BCUT2D eigenvalue weighted by molar-refractivity contribution is 7.99. The van der Waals surface area contributed by atoms with Crippen LogP contribution in [0, 0.1) is 0 Å². The highest BCUT2D eigenvalue weighted by Crippen LogP contribution is 2.14. The van der Waals surface area contributed by atoms with Gasteiger partial charge in [0.25, 0.3) is 0 Å². The van der Waals surface area contributed by atoms with E-state index in [2.05, 4.69) is 6.92 Å². The number of primary amides is 1. The molecule has 0 heterocycles. The lowest BCUT2D eigenvalue weighted by atomic mass is 10.0. The van der Waals surface area contributed by atoms with E-state index >= 15 is 0 Å². The Bertz CT molecular complexity index is 258. The van der Waals surface area contributed by atoms with Crippen molar-refractivity contribution in [2.24, 2.45) is 5.73 Å². The molecule has 0 saturated carbocycles.